The second-order valence-corrected chi connectivity index (χ2v) is 7.83. The molecule has 0 radical (unpaired) electrons. The maximum atomic E-state index is 11.6. The Kier molecular flexibility index (Phi) is 4.97. The molecule has 4 rings (SSSR count). The van der Waals surface area contributed by atoms with Crippen LogP contribution in [0.25, 0.3) is 0 Å². The highest BCUT2D eigenvalue weighted by Crippen LogP contribution is 2.24. The van der Waals surface area contributed by atoms with Crippen LogP contribution in [0.4, 0.5) is 4.79 Å². The zero-order valence-corrected chi connectivity index (χ0v) is 15.3. The number of carbonyl (C=O) groups excluding carboxylic acids is 2. The summed E-state index contributed by atoms with van der Waals surface area (Å²) in [5.74, 6) is 0.590. The van der Waals surface area contributed by atoms with Crippen molar-refractivity contribution in [2.75, 3.05) is 6.61 Å². The molecule has 0 saturated carbocycles. The summed E-state index contributed by atoms with van der Waals surface area (Å²) in [5.41, 5.74) is 3.64. The molecule has 1 atom stereocenters. The average Bonchev–Trinajstić information content (AvgIpc) is 3.18. The molecule has 2 heterocycles. The zero-order valence-electron chi connectivity index (χ0n) is 14.4. The van der Waals surface area contributed by atoms with Gasteiger partial charge in [0.1, 0.15) is 12.4 Å². The van der Waals surface area contributed by atoms with E-state index in [0.717, 1.165) is 42.5 Å². The lowest BCUT2D eigenvalue weighted by molar-refractivity contribution is -0.118. The molecule has 1 saturated heterocycles. The summed E-state index contributed by atoms with van der Waals surface area (Å²) in [6.45, 7) is 1.30. The molecule has 2 aliphatic rings. The van der Waals surface area contributed by atoms with Gasteiger partial charge in [-0.15, -0.1) is 0 Å². The number of rotatable bonds is 6. The summed E-state index contributed by atoms with van der Waals surface area (Å²) in [5, 5.41) is 6.35. The molecule has 0 spiro atoms. The summed E-state index contributed by atoms with van der Waals surface area (Å²) in [6, 6.07) is 7.70. The van der Waals surface area contributed by atoms with Gasteiger partial charge in [-0.3, -0.25) is 19.6 Å². The van der Waals surface area contributed by atoms with Gasteiger partial charge in [-0.25, -0.2) is 0 Å². The van der Waals surface area contributed by atoms with Crippen LogP contribution in [0.1, 0.15) is 29.7 Å². The Hall–Kier alpha value is -2.28. The number of aromatic nitrogens is 2. The molecule has 1 aliphatic carbocycles. The third-order valence-corrected chi connectivity index (χ3v) is 5.72. The maximum Gasteiger partial charge on any atom is 0.286 e. The van der Waals surface area contributed by atoms with Crippen molar-refractivity contribution < 1.29 is 14.3 Å². The van der Waals surface area contributed by atoms with E-state index in [4.69, 9.17) is 4.74 Å². The van der Waals surface area contributed by atoms with E-state index in [1.54, 1.807) is 0 Å². The largest absolute Gasteiger partial charge is 0.492 e. The molecule has 2 amide bonds. The molecule has 136 valence electrons. The van der Waals surface area contributed by atoms with Crippen molar-refractivity contribution in [3.05, 3.63) is 47.3 Å². The third kappa shape index (κ3) is 3.93. The van der Waals surface area contributed by atoms with Gasteiger partial charge in [0, 0.05) is 6.20 Å². The number of hydrogen-bond acceptors (Lipinski definition) is 5. The zero-order chi connectivity index (χ0) is 17.9. The highest BCUT2D eigenvalue weighted by molar-refractivity contribution is 8.15. The normalized spacial score (nSPS) is 19.3. The molecule has 1 fully saturated rings. The van der Waals surface area contributed by atoms with Crippen molar-refractivity contribution in [2.24, 2.45) is 0 Å². The van der Waals surface area contributed by atoms with Crippen molar-refractivity contribution in [1.82, 2.24) is 15.1 Å². The van der Waals surface area contributed by atoms with E-state index in [0.29, 0.717) is 13.0 Å². The Morgan fingerprint density at radius 2 is 2.00 bits per heavy atom. The highest BCUT2D eigenvalue weighted by atomic mass is 32.2. The van der Waals surface area contributed by atoms with Gasteiger partial charge < -0.3 is 4.74 Å². The number of thioether (sulfide) groups is 1. The fourth-order valence-electron chi connectivity index (χ4n) is 3.36. The van der Waals surface area contributed by atoms with Gasteiger partial charge in [0.05, 0.1) is 17.5 Å². The van der Waals surface area contributed by atoms with Crippen molar-refractivity contribution in [3.8, 4) is 5.75 Å². The second kappa shape index (κ2) is 7.53. The monoisotopic (exact) mass is 371 g/mol. The van der Waals surface area contributed by atoms with E-state index in [2.05, 4.69) is 16.6 Å². The first-order valence-corrected chi connectivity index (χ1v) is 9.84. The lowest BCUT2D eigenvalue weighted by Gasteiger charge is -2.09. The van der Waals surface area contributed by atoms with Gasteiger partial charge in [0.15, 0.2) is 0 Å². The van der Waals surface area contributed by atoms with Crippen LogP contribution < -0.4 is 10.1 Å². The first-order chi connectivity index (χ1) is 12.7. The quantitative estimate of drug-likeness (QED) is 0.845. The minimum absolute atomic E-state index is 0.206. The van der Waals surface area contributed by atoms with Crippen molar-refractivity contribution in [1.29, 1.82) is 0 Å². The molecule has 2 aromatic rings. The molecule has 1 aliphatic heterocycles. The van der Waals surface area contributed by atoms with E-state index in [1.807, 2.05) is 28.9 Å². The first-order valence-electron chi connectivity index (χ1n) is 8.96. The number of amides is 2. The molecular weight excluding hydrogens is 350 g/mol. The highest BCUT2D eigenvalue weighted by Gasteiger charge is 2.31. The lowest BCUT2D eigenvalue weighted by Crippen LogP contribution is -2.25. The summed E-state index contributed by atoms with van der Waals surface area (Å²) in [7, 11) is 0. The fourth-order valence-corrected chi connectivity index (χ4v) is 4.22. The number of benzene rings is 1. The summed E-state index contributed by atoms with van der Waals surface area (Å²) < 4.78 is 7.79. The van der Waals surface area contributed by atoms with Crippen LogP contribution in [0.2, 0.25) is 0 Å². The van der Waals surface area contributed by atoms with Crippen LogP contribution in [-0.2, 0) is 30.6 Å². The second-order valence-electron chi connectivity index (χ2n) is 6.65. The van der Waals surface area contributed by atoms with Crippen LogP contribution >= 0.6 is 11.8 Å². The molecule has 26 heavy (non-hydrogen) atoms. The minimum atomic E-state index is -0.333. The lowest BCUT2D eigenvalue weighted by atomic mass is 9.99. The standard InChI is InChI=1S/C19H21N3O3S/c23-18-17(26-19(24)20-18)11-13-5-7-15(8-6-13)25-10-9-22-12-14-3-1-2-4-16(14)21-22/h5-8,12,17H,1-4,9-11H2,(H,20,23,24). The molecule has 7 heteroatoms. The minimum Gasteiger partial charge on any atom is -0.492 e. The van der Waals surface area contributed by atoms with Gasteiger partial charge in [0.25, 0.3) is 5.24 Å². The van der Waals surface area contributed by atoms with Gasteiger partial charge in [-0.1, -0.05) is 23.9 Å². The Bertz CT molecular complexity index is 792. The molecule has 1 aromatic heterocycles. The number of hydrogen-bond donors (Lipinski definition) is 1. The van der Waals surface area contributed by atoms with E-state index < -0.39 is 0 Å². The van der Waals surface area contributed by atoms with Crippen LogP contribution in [-0.4, -0.2) is 32.8 Å². The fraction of sp³-hybridized carbons (Fsp3) is 0.421. The molecule has 1 N–H and O–H groups in total. The van der Waals surface area contributed by atoms with E-state index in [-0.39, 0.29) is 16.4 Å². The number of aryl methyl sites for hydroxylation is 2. The Morgan fingerprint density at radius 1 is 1.19 bits per heavy atom. The van der Waals surface area contributed by atoms with E-state index in [1.165, 1.54) is 24.1 Å². The summed E-state index contributed by atoms with van der Waals surface area (Å²) >= 11 is 1.05. The predicted molar refractivity (Wildman–Crippen MR) is 99.4 cm³/mol. The predicted octanol–water partition coefficient (Wildman–Crippen LogP) is 2.74. The van der Waals surface area contributed by atoms with Gasteiger partial charge in [0.2, 0.25) is 5.91 Å². The number of fused-ring (bicyclic) bond motifs is 1. The van der Waals surface area contributed by atoms with E-state index in [9.17, 15) is 9.59 Å². The average molecular weight is 371 g/mol. The molecular formula is C19H21N3O3S. The Balaban J connectivity index is 1.27. The van der Waals surface area contributed by atoms with Crippen LogP contribution in [0.15, 0.2) is 30.5 Å². The van der Waals surface area contributed by atoms with Gasteiger partial charge >= 0.3 is 0 Å². The van der Waals surface area contributed by atoms with E-state index >= 15 is 0 Å². The van der Waals surface area contributed by atoms with Crippen LogP contribution in [0, 0.1) is 0 Å². The van der Waals surface area contributed by atoms with Crippen LogP contribution in [0.3, 0.4) is 0 Å². The third-order valence-electron chi connectivity index (χ3n) is 4.73. The molecule has 1 unspecified atom stereocenters. The number of ether oxygens (including phenoxy) is 1. The Labute approximate surface area is 156 Å². The summed E-state index contributed by atoms with van der Waals surface area (Å²) in [4.78, 5) is 22.8. The number of nitrogens with one attached hydrogen (secondary N) is 1. The van der Waals surface area contributed by atoms with Crippen molar-refractivity contribution >= 4 is 22.9 Å². The molecule has 1 aromatic carbocycles. The Morgan fingerprint density at radius 3 is 2.73 bits per heavy atom. The van der Waals surface area contributed by atoms with Crippen LogP contribution in [0.5, 0.6) is 5.75 Å². The number of imide groups is 1. The van der Waals surface area contributed by atoms with Crippen molar-refractivity contribution in [3.63, 3.8) is 0 Å². The van der Waals surface area contributed by atoms with Crippen molar-refractivity contribution in [2.45, 2.75) is 43.9 Å². The maximum absolute atomic E-state index is 11.6. The molecule has 0 bridgehead atoms. The van der Waals surface area contributed by atoms with Gasteiger partial charge in [-0.2, -0.15) is 5.10 Å². The van der Waals surface area contributed by atoms with Gasteiger partial charge in [-0.05, 0) is 55.4 Å². The number of carbonyl (C=O) groups is 2. The first kappa shape index (κ1) is 17.1. The SMILES string of the molecule is O=C1NC(=O)C(Cc2ccc(OCCn3cc4c(n3)CCCC4)cc2)S1. The molecule has 6 nitrogen and oxygen atoms in total. The number of nitrogens with zero attached hydrogens (tertiary/aromatic N) is 2. The smallest absolute Gasteiger partial charge is 0.286 e. The topological polar surface area (TPSA) is 73.2 Å². The summed E-state index contributed by atoms with van der Waals surface area (Å²) in [6.07, 6.45) is 7.42.